The Morgan fingerprint density at radius 1 is 1.29 bits per heavy atom. The maximum Gasteiger partial charge on any atom is 0.326 e. The molecular formula is C10H15N4O2P. The highest BCUT2D eigenvalue weighted by Gasteiger charge is 2.37. The number of anilines is 1. The summed E-state index contributed by atoms with van der Waals surface area (Å²) in [6, 6.07) is 6.39. The predicted molar refractivity (Wildman–Crippen MR) is 66.9 cm³/mol. The Bertz CT molecular complexity index is 464. The summed E-state index contributed by atoms with van der Waals surface area (Å²) in [4.78, 5) is 11.5. The lowest BCUT2D eigenvalue weighted by atomic mass is 10.2. The highest BCUT2D eigenvalue weighted by Crippen LogP contribution is 2.45. The monoisotopic (exact) mass is 254 g/mol. The molecule has 0 spiro atoms. The van der Waals surface area contributed by atoms with Gasteiger partial charge in [0.2, 0.25) is 0 Å². The Labute approximate surface area is 99.7 Å². The number of nitrogens with one attached hydrogen (secondary N) is 2. The second-order valence-corrected chi connectivity index (χ2v) is 6.06. The molecule has 0 radical (unpaired) electrons. The molecule has 4 N–H and O–H groups in total. The van der Waals surface area contributed by atoms with Crippen molar-refractivity contribution in [3.63, 3.8) is 0 Å². The average molecular weight is 254 g/mol. The molecule has 1 fully saturated rings. The zero-order valence-electron chi connectivity index (χ0n) is 9.51. The summed E-state index contributed by atoms with van der Waals surface area (Å²) < 4.78 is 13.5. The Morgan fingerprint density at radius 2 is 1.82 bits per heavy atom. The van der Waals surface area contributed by atoms with Gasteiger partial charge in [-0.25, -0.2) is 19.6 Å². The minimum absolute atomic E-state index is 0.522. The van der Waals surface area contributed by atoms with Gasteiger partial charge in [0, 0.05) is 13.1 Å². The SMILES string of the molecule is Cc1ccc(N(C(N)=O)P2(=O)NCCN2)cc1. The van der Waals surface area contributed by atoms with Crippen LogP contribution in [0.5, 0.6) is 0 Å². The van der Waals surface area contributed by atoms with Crippen LogP contribution in [0.1, 0.15) is 5.56 Å². The molecule has 1 aromatic rings. The molecule has 92 valence electrons. The van der Waals surface area contributed by atoms with Crippen LogP contribution < -0.4 is 20.6 Å². The van der Waals surface area contributed by atoms with E-state index in [1.165, 1.54) is 0 Å². The molecule has 17 heavy (non-hydrogen) atoms. The van der Waals surface area contributed by atoms with Crippen LogP contribution in [0.3, 0.4) is 0 Å². The van der Waals surface area contributed by atoms with Crippen molar-refractivity contribution >= 4 is 19.3 Å². The largest absolute Gasteiger partial charge is 0.351 e. The molecule has 0 atom stereocenters. The number of hydrogen-bond acceptors (Lipinski definition) is 2. The van der Waals surface area contributed by atoms with Gasteiger partial charge >= 0.3 is 13.6 Å². The number of urea groups is 1. The molecule has 1 aliphatic heterocycles. The summed E-state index contributed by atoms with van der Waals surface area (Å²) >= 11 is 0. The zero-order chi connectivity index (χ0) is 12.5. The first-order chi connectivity index (χ1) is 8.03. The number of primary amides is 1. The number of aryl methyl sites for hydroxylation is 1. The number of carbonyl (C=O) groups excluding carboxylic acids is 1. The number of benzene rings is 1. The van der Waals surface area contributed by atoms with E-state index in [9.17, 15) is 9.36 Å². The molecule has 1 aromatic carbocycles. The van der Waals surface area contributed by atoms with Crippen LogP contribution in [-0.4, -0.2) is 19.1 Å². The van der Waals surface area contributed by atoms with E-state index in [0.717, 1.165) is 10.2 Å². The minimum atomic E-state index is -3.11. The maximum absolute atomic E-state index is 12.4. The van der Waals surface area contributed by atoms with Gasteiger partial charge < -0.3 is 5.73 Å². The second kappa shape index (κ2) is 4.49. The molecule has 0 saturated carbocycles. The van der Waals surface area contributed by atoms with E-state index in [1.54, 1.807) is 12.1 Å². The molecule has 0 aliphatic carbocycles. The number of hydrogen-bond donors (Lipinski definition) is 3. The van der Waals surface area contributed by atoms with Crippen LogP contribution in [0.15, 0.2) is 24.3 Å². The highest BCUT2D eigenvalue weighted by atomic mass is 31.2. The smallest absolute Gasteiger partial charge is 0.326 e. The van der Waals surface area contributed by atoms with Crippen molar-refractivity contribution in [2.45, 2.75) is 6.92 Å². The fourth-order valence-electron chi connectivity index (χ4n) is 1.73. The molecule has 7 heteroatoms. The zero-order valence-corrected chi connectivity index (χ0v) is 10.4. The third kappa shape index (κ3) is 2.34. The van der Waals surface area contributed by atoms with Crippen molar-refractivity contribution in [3.8, 4) is 0 Å². The first kappa shape index (κ1) is 12.1. The lowest BCUT2D eigenvalue weighted by molar-refractivity contribution is 0.256. The maximum atomic E-state index is 12.4. The first-order valence-electron chi connectivity index (χ1n) is 5.30. The van der Waals surface area contributed by atoms with Gasteiger partial charge in [-0.15, -0.1) is 0 Å². The molecule has 0 bridgehead atoms. The van der Waals surface area contributed by atoms with E-state index in [1.807, 2.05) is 19.1 Å². The molecule has 1 heterocycles. The van der Waals surface area contributed by atoms with Gasteiger partial charge in [0.15, 0.2) is 0 Å². The summed E-state index contributed by atoms with van der Waals surface area (Å²) in [7, 11) is -3.11. The van der Waals surface area contributed by atoms with Gasteiger partial charge in [-0.05, 0) is 19.1 Å². The van der Waals surface area contributed by atoms with Crippen LogP contribution in [0.2, 0.25) is 0 Å². The van der Waals surface area contributed by atoms with E-state index in [0.29, 0.717) is 18.8 Å². The predicted octanol–water partition coefficient (Wildman–Crippen LogP) is 1.18. The number of nitrogens with zero attached hydrogens (tertiary/aromatic N) is 1. The molecule has 6 nitrogen and oxygen atoms in total. The molecular weight excluding hydrogens is 239 g/mol. The summed E-state index contributed by atoms with van der Waals surface area (Å²) in [5, 5.41) is 5.59. The fourth-order valence-corrected chi connectivity index (χ4v) is 3.69. The van der Waals surface area contributed by atoms with Crippen molar-refractivity contribution in [1.29, 1.82) is 0 Å². The van der Waals surface area contributed by atoms with Crippen molar-refractivity contribution in [2.24, 2.45) is 5.73 Å². The standard InChI is InChI=1S/C10H15N4O2P/c1-8-2-4-9(5-3-8)14(10(11)15)17(16)12-6-7-13-17/h2-5H,6-7H2,1H3,(H2,11,15)(H2,12,13,16). The second-order valence-electron chi connectivity index (χ2n) is 3.88. The summed E-state index contributed by atoms with van der Waals surface area (Å²) in [6.45, 7) is 3.03. The Kier molecular flexibility index (Phi) is 3.19. The number of carbonyl (C=O) groups is 1. The van der Waals surface area contributed by atoms with Crippen molar-refractivity contribution in [2.75, 3.05) is 17.8 Å². The summed E-state index contributed by atoms with van der Waals surface area (Å²) in [6.07, 6.45) is 0. The molecule has 2 amide bonds. The number of rotatable bonds is 2. The summed E-state index contributed by atoms with van der Waals surface area (Å²) in [5.74, 6) is 0. The van der Waals surface area contributed by atoms with Crippen molar-refractivity contribution < 1.29 is 9.36 Å². The van der Waals surface area contributed by atoms with Gasteiger partial charge in [0.1, 0.15) is 0 Å². The van der Waals surface area contributed by atoms with E-state index in [4.69, 9.17) is 5.73 Å². The van der Waals surface area contributed by atoms with Crippen LogP contribution in [0.25, 0.3) is 0 Å². The van der Waals surface area contributed by atoms with Gasteiger partial charge in [-0.2, -0.15) is 0 Å². The Balaban J connectivity index is 2.39. The van der Waals surface area contributed by atoms with Gasteiger partial charge in [-0.3, -0.25) is 4.57 Å². The van der Waals surface area contributed by atoms with E-state index in [2.05, 4.69) is 10.2 Å². The lowest BCUT2D eigenvalue weighted by Gasteiger charge is -2.26. The van der Waals surface area contributed by atoms with Crippen LogP contribution in [0, 0.1) is 6.92 Å². The normalized spacial score (nSPS) is 17.9. The van der Waals surface area contributed by atoms with E-state index < -0.39 is 13.6 Å². The van der Waals surface area contributed by atoms with E-state index in [-0.39, 0.29) is 0 Å². The van der Waals surface area contributed by atoms with Crippen LogP contribution >= 0.6 is 7.59 Å². The third-order valence-corrected chi connectivity index (χ3v) is 4.84. The van der Waals surface area contributed by atoms with Crippen molar-refractivity contribution in [1.82, 2.24) is 10.2 Å². The first-order valence-corrected chi connectivity index (χ1v) is 6.96. The minimum Gasteiger partial charge on any atom is -0.351 e. The summed E-state index contributed by atoms with van der Waals surface area (Å²) in [5.41, 5.74) is 6.89. The van der Waals surface area contributed by atoms with E-state index >= 15 is 0 Å². The van der Waals surface area contributed by atoms with Gasteiger partial charge in [0.05, 0.1) is 5.69 Å². The highest BCUT2D eigenvalue weighted by molar-refractivity contribution is 7.62. The number of nitrogens with two attached hydrogens (primary N) is 1. The Hall–Kier alpha value is -1.36. The fraction of sp³-hybridized carbons (Fsp3) is 0.300. The van der Waals surface area contributed by atoms with Crippen molar-refractivity contribution in [3.05, 3.63) is 29.8 Å². The van der Waals surface area contributed by atoms with Gasteiger partial charge in [-0.1, -0.05) is 17.7 Å². The molecule has 1 aliphatic rings. The quantitative estimate of drug-likeness (QED) is 0.691. The lowest BCUT2D eigenvalue weighted by Crippen LogP contribution is -2.38. The molecule has 0 aromatic heterocycles. The van der Waals surface area contributed by atoms with Crippen LogP contribution in [0.4, 0.5) is 10.5 Å². The molecule has 1 saturated heterocycles. The molecule has 2 rings (SSSR count). The average Bonchev–Trinajstić information content (AvgIpc) is 2.68. The Morgan fingerprint density at radius 3 is 2.29 bits per heavy atom. The van der Waals surface area contributed by atoms with Crippen LogP contribution in [-0.2, 0) is 4.57 Å². The van der Waals surface area contributed by atoms with Gasteiger partial charge in [0.25, 0.3) is 0 Å². The number of amides is 2. The topological polar surface area (TPSA) is 87.5 Å². The third-order valence-electron chi connectivity index (χ3n) is 2.55. The molecule has 0 unspecified atom stereocenters.